The van der Waals surface area contributed by atoms with Crippen molar-refractivity contribution in [2.75, 3.05) is 0 Å². The zero-order valence-electron chi connectivity index (χ0n) is 12.2. The third-order valence-electron chi connectivity index (χ3n) is 3.74. The van der Waals surface area contributed by atoms with Crippen molar-refractivity contribution in [3.05, 3.63) is 71.0 Å². The molecule has 5 heteroatoms. The molecular formula is C18H13BrF2O2. The van der Waals surface area contributed by atoms with E-state index in [0.717, 1.165) is 6.29 Å². The van der Waals surface area contributed by atoms with Crippen LogP contribution in [-0.4, -0.2) is 11.1 Å². The second-order valence-electron chi connectivity index (χ2n) is 5.30. The van der Waals surface area contributed by atoms with E-state index in [0.29, 0.717) is 28.2 Å². The van der Waals surface area contributed by atoms with Gasteiger partial charge in [0.15, 0.2) is 0 Å². The fraction of sp³-hybridized carbons (Fsp3) is 0.167. The van der Waals surface area contributed by atoms with Gasteiger partial charge >= 0.3 is 0 Å². The predicted molar refractivity (Wildman–Crippen MR) is 87.5 cm³/mol. The van der Waals surface area contributed by atoms with E-state index in [1.165, 1.54) is 30.3 Å². The van der Waals surface area contributed by atoms with Crippen LogP contribution in [0.5, 0.6) is 5.75 Å². The molecular weight excluding hydrogens is 366 g/mol. The summed E-state index contributed by atoms with van der Waals surface area (Å²) in [7, 11) is 0. The SMILES string of the molecule is CC(Br)C1=C(c2cccc(F)c2)C(C=O)c2cc(F)ccc2O1. The van der Waals surface area contributed by atoms with Gasteiger partial charge in [-0.2, -0.15) is 0 Å². The van der Waals surface area contributed by atoms with Crippen molar-refractivity contribution in [1.29, 1.82) is 0 Å². The van der Waals surface area contributed by atoms with Gasteiger partial charge < -0.3 is 9.53 Å². The number of ether oxygens (including phenoxy) is 1. The summed E-state index contributed by atoms with van der Waals surface area (Å²) in [5.74, 6) is -0.623. The number of alkyl halides is 1. The van der Waals surface area contributed by atoms with Crippen LogP contribution >= 0.6 is 15.9 Å². The van der Waals surface area contributed by atoms with Crippen LogP contribution in [0.25, 0.3) is 5.57 Å². The minimum absolute atomic E-state index is 0.193. The number of allylic oxidation sites excluding steroid dienone is 2. The van der Waals surface area contributed by atoms with Gasteiger partial charge in [0, 0.05) is 11.1 Å². The van der Waals surface area contributed by atoms with Crippen LogP contribution in [0, 0.1) is 11.6 Å². The number of aldehydes is 1. The van der Waals surface area contributed by atoms with E-state index in [2.05, 4.69) is 15.9 Å². The largest absolute Gasteiger partial charge is 0.460 e. The molecule has 0 saturated heterocycles. The molecule has 2 aromatic rings. The van der Waals surface area contributed by atoms with Gasteiger partial charge in [0.1, 0.15) is 29.4 Å². The quantitative estimate of drug-likeness (QED) is 0.564. The van der Waals surface area contributed by atoms with Crippen molar-refractivity contribution in [2.45, 2.75) is 17.7 Å². The van der Waals surface area contributed by atoms with Crippen molar-refractivity contribution in [3.63, 3.8) is 0 Å². The Morgan fingerprint density at radius 3 is 2.57 bits per heavy atom. The summed E-state index contributed by atoms with van der Waals surface area (Å²) in [5, 5.41) is 0. The molecule has 2 atom stereocenters. The zero-order chi connectivity index (χ0) is 16.6. The Bertz CT molecular complexity index is 799. The molecule has 118 valence electrons. The Morgan fingerprint density at radius 1 is 1.17 bits per heavy atom. The molecule has 0 saturated carbocycles. The molecule has 0 fully saturated rings. The summed E-state index contributed by atoms with van der Waals surface area (Å²) in [6, 6.07) is 10.0. The number of hydrogen-bond donors (Lipinski definition) is 0. The Hall–Kier alpha value is -2.01. The van der Waals surface area contributed by atoms with Gasteiger partial charge in [0.05, 0.1) is 10.7 Å². The second kappa shape index (κ2) is 6.24. The van der Waals surface area contributed by atoms with E-state index in [-0.39, 0.29) is 4.83 Å². The molecule has 1 aliphatic heterocycles. The molecule has 0 amide bonds. The normalized spacial score (nSPS) is 18.2. The maximum atomic E-state index is 13.6. The Balaban J connectivity index is 2.25. The third kappa shape index (κ3) is 2.93. The first-order chi connectivity index (χ1) is 11.0. The van der Waals surface area contributed by atoms with E-state index in [9.17, 15) is 13.6 Å². The lowest BCUT2D eigenvalue weighted by molar-refractivity contribution is -0.108. The van der Waals surface area contributed by atoms with Crippen molar-refractivity contribution in [1.82, 2.24) is 0 Å². The Kier molecular flexibility index (Phi) is 4.31. The average molecular weight is 379 g/mol. The molecule has 2 nitrogen and oxygen atoms in total. The first-order valence-electron chi connectivity index (χ1n) is 7.08. The third-order valence-corrected chi connectivity index (χ3v) is 4.15. The van der Waals surface area contributed by atoms with E-state index in [1.807, 2.05) is 6.92 Å². The van der Waals surface area contributed by atoms with Crippen molar-refractivity contribution in [2.24, 2.45) is 0 Å². The fourth-order valence-electron chi connectivity index (χ4n) is 2.75. The standard InChI is InChI=1S/C18H13BrF2O2/c1-10(19)18-17(11-3-2-4-12(20)7-11)15(9-22)14-8-13(21)5-6-16(14)23-18/h2-10,15H,1H3. The number of rotatable bonds is 3. The van der Waals surface area contributed by atoms with Gasteiger partial charge in [0.2, 0.25) is 0 Å². The first kappa shape index (κ1) is 15.9. The highest BCUT2D eigenvalue weighted by Gasteiger charge is 2.32. The summed E-state index contributed by atoms with van der Waals surface area (Å²) in [6.07, 6.45) is 0.733. The number of hydrogen-bond acceptors (Lipinski definition) is 2. The van der Waals surface area contributed by atoms with E-state index in [4.69, 9.17) is 4.74 Å². The maximum absolute atomic E-state index is 13.6. The predicted octanol–water partition coefficient (Wildman–Crippen LogP) is 4.83. The number of benzene rings is 2. The molecule has 0 bridgehead atoms. The molecule has 0 radical (unpaired) electrons. The van der Waals surface area contributed by atoms with Crippen LogP contribution in [-0.2, 0) is 4.79 Å². The highest BCUT2D eigenvalue weighted by molar-refractivity contribution is 9.09. The van der Waals surface area contributed by atoms with Gasteiger partial charge in [0.25, 0.3) is 0 Å². The minimum Gasteiger partial charge on any atom is -0.460 e. The van der Waals surface area contributed by atoms with Crippen LogP contribution in [0.15, 0.2) is 48.2 Å². The van der Waals surface area contributed by atoms with Gasteiger partial charge in [-0.3, -0.25) is 0 Å². The van der Waals surface area contributed by atoms with Crippen LogP contribution in [0.4, 0.5) is 8.78 Å². The Morgan fingerprint density at radius 2 is 1.91 bits per heavy atom. The lowest BCUT2D eigenvalue weighted by Crippen LogP contribution is -2.20. The summed E-state index contributed by atoms with van der Waals surface area (Å²) in [6.45, 7) is 1.85. The highest BCUT2D eigenvalue weighted by atomic mass is 79.9. The lowest BCUT2D eigenvalue weighted by atomic mass is 9.84. The van der Waals surface area contributed by atoms with E-state index in [1.54, 1.807) is 12.1 Å². The van der Waals surface area contributed by atoms with Crippen LogP contribution in [0.2, 0.25) is 0 Å². The number of carbonyl (C=O) groups is 1. The number of halogens is 3. The van der Waals surface area contributed by atoms with Gasteiger partial charge in [-0.15, -0.1) is 0 Å². The summed E-state index contributed by atoms with van der Waals surface area (Å²) in [5.41, 5.74) is 1.52. The molecule has 2 aromatic carbocycles. The molecule has 0 aromatic heterocycles. The number of fused-ring (bicyclic) bond motifs is 1. The minimum atomic E-state index is -0.716. The fourth-order valence-corrected chi connectivity index (χ4v) is 3.09. The molecule has 3 rings (SSSR count). The first-order valence-corrected chi connectivity index (χ1v) is 7.99. The van der Waals surface area contributed by atoms with Gasteiger partial charge in [-0.05, 0) is 42.8 Å². The molecule has 23 heavy (non-hydrogen) atoms. The summed E-state index contributed by atoms with van der Waals surface area (Å²) >= 11 is 3.45. The average Bonchev–Trinajstić information content (AvgIpc) is 2.52. The van der Waals surface area contributed by atoms with Crippen LogP contribution in [0.1, 0.15) is 24.0 Å². The van der Waals surface area contributed by atoms with Crippen LogP contribution < -0.4 is 4.74 Å². The van der Waals surface area contributed by atoms with E-state index >= 15 is 0 Å². The lowest BCUT2D eigenvalue weighted by Gasteiger charge is -2.29. The summed E-state index contributed by atoms with van der Waals surface area (Å²) < 4.78 is 33.1. The molecule has 2 unspecified atom stereocenters. The highest BCUT2D eigenvalue weighted by Crippen LogP contribution is 2.44. The van der Waals surface area contributed by atoms with Crippen LogP contribution in [0.3, 0.4) is 0 Å². The summed E-state index contributed by atoms with van der Waals surface area (Å²) in [4.78, 5) is 11.6. The van der Waals surface area contributed by atoms with Crippen molar-refractivity contribution in [3.8, 4) is 5.75 Å². The molecule has 0 spiro atoms. The van der Waals surface area contributed by atoms with Gasteiger partial charge in [-0.25, -0.2) is 8.78 Å². The molecule has 1 heterocycles. The topological polar surface area (TPSA) is 26.3 Å². The van der Waals surface area contributed by atoms with Gasteiger partial charge in [-0.1, -0.05) is 28.1 Å². The maximum Gasteiger partial charge on any atom is 0.132 e. The monoisotopic (exact) mass is 378 g/mol. The Labute approximate surface area is 140 Å². The smallest absolute Gasteiger partial charge is 0.132 e. The van der Waals surface area contributed by atoms with Crippen molar-refractivity contribution < 1.29 is 18.3 Å². The van der Waals surface area contributed by atoms with E-state index < -0.39 is 17.6 Å². The molecule has 0 N–H and O–H groups in total. The molecule has 1 aliphatic rings. The molecule has 0 aliphatic carbocycles. The number of carbonyl (C=O) groups excluding carboxylic acids is 1. The van der Waals surface area contributed by atoms with Crippen molar-refractivity contribution >= 4 is 27.8 Å². The second-order valence-corrected chi connectivity index (χ2v) is 6.68. The zero-order valence-corrected chi connectivity index (χ0v) is 13.8.